The summed E-state index contributed by atoms with van der Waals surface area (Å²) in [5.41, 5.74) is 14.1. The highest BCUT2D eigenvalue weighted by Gasteiger charge is 2.63. The third-order valence-electron chi connectivity index (χ3n) is 7.53. The van der Waals surface area contributed by atoms with E-state index in [4.69, 9.17) is 0 Å². The second kappa shape index (κ2) is 4.31. The highest BCUT2D eigenvalue weighted by Crippen LogP contribution is 2.70. The molecule has 0 aliphatic heterocycles. The standard InChI is InChI=1S/C26H24/c1-15-12-13-16(2)23-21(15)22-18-9-5-6-11-20(18)26(23)24-17(14-25(26,3)4)8-7-10-19(22)24/h5-13,22H,14H2,1-4H3. The first-order valence-corrected chi connectivity index (χ1v) is 9.81. The van der Waals surface area contributed by atoms with Gasteiger partial charge in [0.2, 0.25) is 0 Å². The van der Waals surface area contributed by atoms with Gasteiger partial charge >= 0.3 is 0 Å². The molecule has 2 unspecified atom stereocenters. The van der Waals surface area contributed by atoms with E-state index in [-0.39, 0.29) is 10.8 Å². The molecule has 0 fully saturated rings. The third-order valence-corrected chi connectivity index (χ3v) is 7.53. The fourth-order valence-electron chi connectivity index (χ4n) is 6.78. The smallest absolute Gasteiger partial charge is 0.0519 e. The van der Waals surface area contributed by atoms with Crippen LogP contribution in [0.2, 0.25) is 0 Å². The molecule has 0 radical (unpaired) electrons. The van der Waals surface area contributed by atoms with Gasteiger partial charge in [0.05, 0.1) is 5.41 Å². The lowest BCUT2D eigenvalue weighted by atomic mass is 9.46. The van der Waals surface area contributed by atoms with Gasteiger partial charge in [-0.2, -0.15) is 0 Å². The van der Waals surface area contributed by atoms with Crippen molar-refractivity contribution in [3.63, 3.8) is 0 Å². The maximum absolute atomic E-state index is 2.49. The van der Waals surface area contributed by atoms with Crippen molar-refractivity contribution in [2.24, 2.45) is 5.41 Å². The Labute approximate surface area is 155 Å². The second-order valence-corrected chi connectivity index (χ2v) is 9.20. The van der Waals surface area contributed by atoms with E-state index in [0.29, 0.717) is 5.92 Å². The molecule has 0 amide bonds. The number of rotatable bonds is 0. The molecule has 1 spiro atoms. The van der Waals surface area contributed by atoms with Gasteiger partial charge in [-0.3, -0.25) is 0 Å². The lowest BCUT2D eigenvalue weighted by Gasteiger charge is -2.55. The predicted molar refractivity (Wildman–Crippen MR) is 107 cm³/mol. The molecule has 0 saturated heterocycles. The first-order valence-electron chi connectivity index (χ1n) is 9.81. The van der Waals surface area contributed by atoms with E-state index in [1.807, 2.05) is 0 Å². The fourth-order valence-corrected chi connectivity index (χ4v) is 6.78. The molecule has 2 atom stereocenters. The van der Waals surface area contributed by atoms with Crippen molar-refractivity contribution in [1.82, 2.24) is 0 Å². The third kappa shape index (κ3) is 1.32. The predicted octanol–water partition coefficient (Wildman–Crippen LogP) is 6.03. The molecule has 26 heavy (non-hydrogen) atoms. The Morgan fingerprint density at radius 3 is 2.35 bits per heavy atom. The van der Waals surface area contributed by atoms with Crippen LogP contribution in [0.5, 0.6) is 0 Å². The Balaban J connectivity index is 1.93. The molecule has 128 valence electrons. The van der Waals surface area contributed by atoms with Gasteiger partial charge in [-0.05, 0) is 75.8 Å². The normalized spacial score (nSPS) is 25.6. The van der Waals surface area contributed by atoms with Crippen LogP contribution in [-0.2, 0) is 11.8 Å². The quantitative estimate of drug-likeness (QED) is 0.470. The Morgan fingerprint density at radius 1 is 0.769 bits per heavy atom. The van der Waals surface area contributed by atoms with E-state index in [1.165, 1.54) is 16.7 Å². The average Bonchev–Trinajstić information content (AvgIpc) is 2.87. The molecule has 0 saturated carbocycles. The van der Waals surface area contributed by atoms with Crippen LogP contribution in [0.25, 0.3) is 0 Å². The van der Waals surface area contributed by atoms with Gasteiger partial charge in [0, 0.05) is 5.92 Å². The molecule has 0 heteroatoms. The highest BCUT2D eigenvalue weighted by molar-refractivity contribution is 5.78. The molecule has 4 aliphatic rings. The van der Waals surface area contributed by atoms with Crippen LogP contribution in [0.15, 0.2) is 54.6 Å². The number of benzene rings is 3. The van der Waals surface area contributed by atoms with Crippen LogP contribution in [-0.4, -0.2) is 0 Å². The summed E-state index contributed by atoms with van der Waals surface area (Å²) in [4.78, 5) is 0. The second-order valence-electron chi connectivity index (χ2n) is 9.20. The number of hydrogen-bond donors (Lipinski definition) is 0. The van der Waals surface area contributed by atoms with Gasteiger partial charge < -0.3 is 0 Å². The first kappa shape index (κ1) is 14.8. The minimum Gasteiger partial charge on any atom is -0.0619 e. The Morgan fingerprint density at radius 2 is 1.50 bits per heavy atom. The van der Waals surface area contributed by atoms with Crippen molar-refractivity contribution < 1.29 is 0 Å². The van der Waals surface area contributed by atoms with Crippen molar-refractivity contribution in [2.45, 2.75) is 45.4 Å². The minimum absolute atomic E-state index is 0.00426. The average molecular weight is 336 g/mol. The summed E-state index contributed by atoms with van der Waals surface area (Å²) < 4.78 is 0. The molecule has 4 aliphatic carbocycles. The SMILES string of the molecule is Cc1ccc(C)c2c1C1c3ccccc3C23c2c(cccc21)CC3(C)C. The zero-order valence-electron chi connectivity index (χ0n) is 16.0. The zero-order valence-corrected chi connectivity index (χ0v) is 16.0. The molecule has 0 N–H and O–H groups in total. The van der Waals surface area contributed by atoms with Gasteiger partial charge in [-0.15, -0.1) is 0 Å². The van der Waals surface area contributed by atoms with Gasteiger partial charge in [0.25, 0.3) is 0 Å². The van der Waals surface area contributed by atoms with E-state index >= 15 is 0 Å². The fraction of sp³-hybridized carbons (Fsp3) is 0.308. The van der Waals surface area contributed by atoms with E-state index in [0.717, 1.165) is 6.42 Å². The summed E-state index contributed by atoms with van der Waals surface area (Å²) in [5, 5.41) is 0. The highest BCUT2D eigenvalue weighted by atomic mass is 14.6. The summed E-state index contributed by atoms with van der Waals surface area (Å²) in [5.74, 6) is 0.395. The lowest BCUT2D eigenvalue weighted by Crippen LogP contribution is -2.49. The Bertz CT molecular complexity index is 1110. The molecule has 2 bridgehead atoms. The van der Waals surface area contributed by atoms with Gasteiger partial charge in [0.1, 0.15) is 0 Å². The maximum atomic E-state index is 2.49. The molecular weight excluding hydrogens is 312 g/mol. The topological polar surface area (TPSA) is 0 Å². The van der Waals surface area contributed by atoms with Crippen molar-refractivity contribution in [1.29, 1.82) is 0 Å². The zero-order chi connectivity index (χ0) is 17.8. The molecule has 0 aromatic heterocycles. The maximum Gasteiger partial charge on any atom is 0.0519 e. The van der Waals surface area contributed by atoms with Crippen LogP contribution in [0.4, 0.5) is 0 Å². The van der Waals surface area contributed by atoms with Crippen molar-refractivity contribution >= 4 is 0 Å². The van der Waals surface area contributed by atoms with Crippen molar-refractivity contribution in [3.8, 4) is 0 Å². The molecule has 3 aromatic rings. The van der Waals surface area contributed by atoms with Crippen LogP contribution >= 0.6 is 0 Å². The summed E-state index contributed by atoms with van der Waals surface area (Å²) >= 11 is 0. The molecular formula is C26H24. The Kier molecular flexibility index (Phi) is 2.45. The summed E-state index contributed by atoms with van der Waals surface area (Å²) in [6.45, 7) is 9.62. The van der Waals surface area contributed by atoms with Gasteiger partial charge in [-0.25, -0.2) is 0 Å². The lowest BCUT2D eigenvalue weighted by molar-refractivity contribution is 0.254. The number of hydrogen-bond acceptors (Lipinski definition) is 0. The summed E-state index contributed by atoms with van der Waals surface area (Å²) in [6.07, 6.45) is 1.16. The minimum atomic E-state index is -0.00426. The molecule has 0 nitrogen and oxygen atoms in total. The molecule has 7 rings (SSSR count). The van der Waals surface area contributed by atoms with Crippen molar-refractivity contribution in [3.05, 3.63) is 105 Å². The van der Waals surface area contributed by atoms with Crippen LogP contribution < -0.4 is 0 Å². The Hall–Kier alpha value is -2.34. The van der Waals surface area contributed by atoms with E-state index in [9.17, 15) is 0 Å². The van der Waals surface area contributed by atoms with Crippen LogP contribution in [0.1, 0.15) is 69.8 Å². The van der Waals surface area contributed by atoms with E-state index in [2.05, 4.69) is 82.3 Å². The molecule has 0 heterocycles. The summed E-state index contributed by atoms with van der Waals surface area (Å²) in [7, 11) is 0. The van der Waals surface area contributed by atoms with E-state index < -0.39 is 0 Å². The van der Waals surface area contributed by atoms with Gasteiger partial charge in [-0.1, -0.05) is 68.4 Å². The monoisotopic (exact) mass is 336 g/mol. The van der Waals surface area contributed by atoms with Crippen LogP contribution in [0, 0.1) is 19.3 Å². The number of aryl methyl sites for hydroxylation is 2. The first-order chi connectivity index (χ1) is 12.5. The van der Waals surface area contributed by atoms with Gasteiger partial charge in [0.15, 0.2) is 0 Å². The van der Waals surface area contributed by atoms with E-state index in [1.54, 1.807) is 33.4 Å². The summed E-state index contributed by atoms with van der Waals surface area (Å²) in [6, 6.07) is 21.0. The van der Waals surface area contributed by atoms with Crippen LogP contribution in [0.3, 0.4) is 0 Å². The van der Waals surface area contributed by atoms with Crippen molar-refractivity contribution in [2.75, 3.05) is 0 Å². The largest absolute Gasteiger partial charge is 0.0619 e. The molecule has 3 aromatic carbocycles.